The Hall–Kier alpha value is -2.23. The lowest BCUT2D eigenvalue weighted by molar-refractivity contribution is 0.128. The van der Waals surface area contributed by atoms with Crippen LogP contribution in [0.15, 0.2) is 66.7 Å². The highest BCUT2D eigenvalue weighted by Gasteiger charge is 2.16. The van der Waals surface area contributed by atoms with Crippen molar-refractivity contribution in [2.45, 2.75) is 13.0 Å². The van der Waals surface area contributed by atoms with Crippen LogP contribution in [0, 0.1) is 0 Å². The minimum Gasteiger partial charge on any atom is -0.300 e. The molecule has 0 aliphatic carbocycles. The molecule has 0 N–H and O–H groups in total. The van der Waals surface area contributed by atoms with Crippen molar-refractivity contribution in [2.75, 3.05) is 32.7 Å². The Morgan fingerprint density at radius 2 is 1.44 bits per heavy atom. The first kappa shape index (κ1) is 16.2. The van der Waals surface area contributed by atoms with Crippen molar-refractivity contribution in [1.82, 2.24) is 14.8 Å². The van der Waals surface area contributed by atoms with Crippen molar-refractivity contribution in [1.29, 1.82) is 0 Å². The van der Waals surface area contributed by atoms with Crippen LogP contribution >= 0.6 is 0 Å². The number of fused-ring (bicyclic) bond motifs is 1. The van der Waals surface area contributed by atoms with E-state index in [0.29, 0.717) is 0 Å². The summed E-state index contributed by atoms with van der Waals surface area (Å²) in [5.41, 5.74) is 3.72. The fourth-order valence-electron chi connectivity index (χ4n) is 3.53. The number of piperazine rings is 1. The lowest BCUT2D eigenvalue weighted by Crippen LogP contribution is -2.46. The van der Waals surface area contributed by atoms with Gasteiger partial charge in [-0.3, -0.25) is 9.88 Å². The van der Waals surface area contributed by atoms with Gasteiger partial charge in [0.15, 0.2) is 0 Å². The second kappa shape index (κ2) is 7.77. The largest absolute Gasteiger partial charge is 0.300 e. The van der Waals surface area contributed by atoms with Crippen LogP contribution in [0.3, 0.4) is 0 Å². The molecule has 0 radical (unpaired) electrons. The van der Waals surface area contributed by atoms with E-state index in [1.54, 1.807) is 0 Å². The van der Waals surface area contributed by atoms with Gasteiger partial charge in [0.1, 0.15) is 0 Å². The molecule has 2 aromatic carbocycles. The van der Waals surface area contributed by atoms with Crippen molar-refractivity contribution >= 4 is 10.9 Å². The Bertz CT molecular complexity index is 808. The third-order valence-electron chi connectivity index (χ3n) is 5.05. The Kier molecular flexibility index (Phi) is 5.05. The Morgan fingerprint density at radius 3 is 2.28 bits per heavy atom. The first-order chi connectivity index (χ1) is 12.4. The van der Waals surface area contributed by atoms with Crippen molar-refractivity contribution in [3.8, 4) is 0 Å². The highest BCUT2D eigenvalue weighted by molar-refractivity contribution is 5.78. The first-order valence-electron chi connectivity index (χ1n) is 9.20. The average Bonchev–Trinajstić information content (AvgIpc) is 2.68. The fourth-order valence-corrected chi connectivity index (χ4v) is 3.53. The summed E-state index contributed by atoms with van der Waals surface area (Å²) < 4.78 is 0. The van der Waals surface area contributed by atoms with Gasteiger partial charge in [0, 0.05) is 56.8 Å². The lowest BCUT2D eigenvalue weighted by Gasteiger charge is -2.34. The number of benzene rings is 2. The summed E-state index contributed by atoms with van der Waals surface area (Å²) in [6, 6.07) is 23.5. The van der Waals surface area contributed by atoms with Gasteiger partial charge in [0.2, 0.25) is 0 Å². The molecule has 128 valence electrons. The topological polar surface area (TPSA) is 19.4 Å². The quantitative estimate of drug-likeness (QED) is 0.712. The summed E-state index contributed by atoms with van der Waals surface area (Å²) in [6.45, 7) is 6.78. The predicted molar refractivity (Wildman–Crippen MR) is 104 cm³/mol. The van der Waals surface area contributed by atoms with Crippen molar-refractivity contribution in [2.24, 2.45) is 0 Å². The molecule has 1 aliphatic rings. The molecule has 3 nitrogen and oxygen atoms in total. The number of rotatable bonds is 5. The number of para-hydroxylation sites is 1. The maximum atomic E-state index is 4.79. The van der Waals surface area contributed by atoms with Crippen LogP contribution in [-0.4, -0.2) is 47.5 Å². The van der Waals surface area contributed by atoms with Crippen molar-refractivity contribution in [3.05, 3.63) is 78.0 Å². The molecule has 0 saturated carbocycles. The third-order valence-corrected chi connectivity index (χ3v) is 5.05. The normalized spacial score (nSPS) is 16.3. The van der Waals surface area contributed by atoms with Crippen LogP contribution in [0.2, 0.25) is 0 Å². The Morgan fingerprint density at radius 1 is 0.720 bits per heavy atom. The summed E-state index contributed by atoms with van der Waals surface area (Å²) in [6.07, 6.45) is 1.03. The predicted octanol–water partition coefficient (Wildman–Crippen LogP) is 3.60. The molecule has 0 unspecified atom stereocenters. The van der Waals surface area contributed by atoms with Crippen LogP contribution in [0.25, 0.3) is 10.9 Å². The highest BCUT2D eigenvalue weighted by atomic mass is 15.3. The fraction of sp³-hybridized carbons (Fsp3) is 0.318. The molecule has 0 amide bonds. The molecule has 0 atom stereocenters. The van der Waals surface area contributed by atoms with E-state index in [4.69, 9.17) is 4.98 Å². The highest BCUT2D eigenvalue weighted by Crippen LogP contribution is 2.13. The van der Waals surface area contributed by atoms with Gasteiger partial charge in [-0.1, -0.05) is 54.6 Å². The van der Waals surface area contributed by atoms with E-state index < -0.39 is 0 Å². The van der Waals surface area contributed by atoms with Gasteiger partial charge in [-0.2, -0.15) is 0 Å². The molecule has 3 aromatic rings. The molecule has 3 heteroatoms. The lowest BCUT2D eigenvalue weighted by atomic mass is 10.1. The molecule has 0 bridgehead atoms. The first-order valence-corrected chi connectivity index (χ1v) is 9.20. The Labute approximate surface area is 149 Å². The Balaban J connectivity index is 1.27. The van der Waals surface area contributed by atoms with Crippen LogP contribution in [0.4, 0.5) is 0 Å². The van der Waals surface area contributed by atoms with E-state index in [1.165, 1.54) is 16.6 Å². The molecule has 1 fully saturated rings. The summed E-state index contributed by atoms with van der Waals surface area (Å²) in [5.74, 6) is 0. The zero-order valence-corrected chi connectivity index (χ0v) is 14.6. The van der Waals surface area contributed by atoms with Gasteiger partial charge in [0.05, 0.1) is 5.52 Å². The molecule has 2 heterocycles. The summed E-state index contributed by atoms with van der Waals surface area (Å²) in [4.78, 5) is 9.92. The van der Waals surface area contributed by atoms with Crippen LogP contribution in [-0.2, 0) is 13.0 Å². The number of hydrogen-bond donors (Lipinski definition) is 0. The van der Waals surface area contributed by atoms with Gasteiger partial charge >= 0.3 is 0 Å². The molecule has 25 heavy (non-hydrogen) atoms. The zero-order chi connectivity index (χ0) is 16.9. The second-order valence-corrected chi connectivity index (χ2v) is 6.85. The number of pyridine rings is 1. The van der Waals surface area contributed by atoms with E-state index in [9.17, 15) is 0 Å². The summed E-state index contributed by atoms with van der Waals surface area (Å²) >= 11 is 0. The van der Waals surface area contributed by atoms with Gasteiger partial charge in [-0.25, -0.2) is 0 Å². The van der Waals surface area contributed by atoms with E-state index in [2.05, 4.69) is 76.5 Å². The standard InChI is InChI=1S/C22H25N3/c1-2-6-19(7-3-1)18-25-16-14-24(15-17-25)13-12-21-11-10-20-8-4-5-9-22(20)23-21/h1-11H,12-18H2. The molecule has 1 saturated heterocycles. The number of nitrogens with zero attached hydrogens (tertiary/aromatic N) is 3. The monoisotopic (exact) mass is 331 g/mol. The SMILES string of the molecule is c1ccc(CN2CCN(CCc3ccc4ccccc4n3)CC2)cc1. The van der Waals surface area contributed by atoms with Crippen LogP contribution in [0.5, 0.6) is 0 Å². The summed E-state index contributed by atoms with van der Waals surface area (Å²) in [5, 5.41) is 1.22. The maximum Gasteiger partial charge on any atom is 0.0705 e. The minimum atomic E-state index is 1.03. The van der Waals surface area contributed by atoms with Crippen molar-refractivity contribution < 1.29 is 0 Å². The van der Waals surface area contributed by atoms with Crippen LogP contribution in [0.1, 0.15) is 11.3 Å². The molecule has 1 aliphatic heterocycles. The molecule has 4 rings (SSSR count). The average molecular weight is 331 g/mol. The molecule has 0 spiro atoms. The van der Waals surface area contributed by atoms with E-state index in [-0.39, 0.29) is 0 Å². The van der Waals surface area contributed by atoms with E-state index in [1.807, 2.05) is 0 Å². The van der Waals surface area contributed by atoms with Gasteiger partial charge in [0.25, 0.3) is 0 Å². The van der Waals surface area contributed by atoms with Gasteiger partial charge in [-0.15, -0.1) is 0 Å². The molecule has 1 aromatic heterocycles. The molecular weight excluding hydrogens is 306 g/mol. The molecular formula is C22H25N3. The van der Waals surface area contributed by atoms with Crippen molar-refractivity contribution in [3.63, 3.8) is 0 Å². The van der Waals surface area contributed by atoms with Gasteiger partial charge in [-0.05, 0) is 17.7 Å². The van der Waals surface area contributed by atoms with Crippen LogP contribution < -0.4 is 0 Å². The third kappa shape index (κ3) is 4.25. The van der Waals surface area contributed by atoms with Gasteiger partial charge < -0.3 is 4.90 Å². The summed E-state index contributed by atoms with van der Waals surface area (Å²) in [7, 11) is 0. The smallest absolute Gasteiger partial charge is 0.0705 e. The maximum absolute atomic E-state index is 4.79. The minimum absolute atomic E-state index is 1.03. The van der Waals surface area contributed by atoms with E-state index in [0.717, 1.165) is 51.2 Å². The second-order valence-electron chi connectivity index (χ2n) is 6.85. The van der Waals surface area contributed by atoms with E-state index >= 15 is 0 Å². The number of aromatic nitrogens is 1. The number of hydrogen-bond acceptors (Lipinski definition) is 3. The zero-order valence-electron chi connectivity index (χ0n) is 14.6.